The molecule has 46 heavy (non-hydrogen) atoms. The van der Waals surface area contributed by atoms with Crippen LogP contribution in [0.3, 0.4) is 0 Å². The average molecular weight is 595 g/mol. The zero-order valence-corrected chi connectivity index (χ0v) is 24.2. The van der Waals surface area contributed by atoms with E-state index in [2.05, 4.69) is 24.3 Å². The lowest BCUT2D eigenvalue weighted by molar-refractivity contribution is 0.147. The fourth-order valence-corrected chi connectivity index (χ4v) is 7.74. The Morgan fingerprint density at radius 1 is 0.435 bits per heavy atom. The van der Waals surface area contributed by atoms with Crippen molar-refractivity contribution in [2.75, 3.05) is 0 Å². The molecule has 1 aliphatic rings. The second kappa shape index (κ2) is 8.75. The molecule has 6 aromatic carbocycles. The molecule has 0 fully saturated rings. The van der Waals surface area contributed by atoms with Gasteiger partial charge in [-0.2, -0.15) is 0 Å². The van der Waals surface area contributed by atoms with Crippen LogP contribution in [0.4, 0.5) is 0 Å². The van der Waals surface area contributed by atoms with Gasteiger partial charge < -0.3 is 5.11 Å². The van der Waals surface area contributed by atoms with Gasteiger partial charge in [0.1, 0.15) is 0 Å². The Morgan fingerprint density at radius 3 is 1.43 bits per heavy atom. The van der Waals surface area contributed by atoms with Crippen LogP contribution < -0.4 is 16.7 Å². The predicted octanol–water partition coefficient (Wildman–Crippen LogP) is 7.21. The van der Waals surface area contributed by atoms with Crippen molar-refractivity contribution in [3.8, 4) is 22.3 Å². The second-order valence-corrected chi connectivity index (χ2v) is 12.1. The van der Waals surface area contributed by atoms with Gasteiger partial charge in [-0.15, -0.1) is 0 Å². The number of benzene rings is 6. The van der Waals surface area contributed by atoms with E-state index in [1.54, 1.807) is 18.2 Å². The number of hydrogen-bond acceptors (Lipinski definition) is 4. The SMILES string of the molecule is O=c1c2ccccc2c2cc(-c3cc4c5ccccc5c(=O)n5c(=O)c6ccccc6c(c3)c45)cc3c2n1C(O)c1ccccc1-3. The van der Waals surface area contributed by atoms with E-state index in [1.165, 1.54) is 8.97 Å². The minimum absolute atomic E-state index is 0.236. The molecule has 1 aliphatic heterocycles. The van der Waals surface area contributed by atoms with E-state index in [0.717, 1.165) is 54.6 Å². The number of nitrogens with zero attached hydrogens (tertiary/aromatic N) is 2. The van der Waals surface area contributed by atoms with E-state index in [1.807, 2.05) is 78.9 Å². The van der Waals surface area contributed by atoms with Crippen molar-refractivity contribution in [1.82, 2.24) is 8.97 Å². The Balaban J connectivity index is 1.43. The standard InChI is InChI=1S/C40H22N2O4/c43-37-27-13-5-1-9-23(27)31-17-21(18-32-24-10-2-6-14-28(24)38(44)41(37)35(31)32)22-19-33-25-11-3-7-15-29(25)39(45)42-36(33)34(20-22)26-12-4-8-16-30(26)40(42)46/h1-20,37,43H. The molecule has 0 spiro atoms. The van der Waals surface area contributed by atoms with Crippen molar-refractivity contribution in [1.29, 1.82) is 0 Å². The van der Waals surface area contributed by atoms with Gasteiger partial charge in [-0.05, 0) is 75.3 Å². The third-order valence-corrected chi connectivity index (χ3v) is 9.76. The summed E-state index contributed by atoms with van der Waals surface area (Å²) in [6, 6.07) is 38.4. The van der Waals surface area contributed by atoms with Crippen LogP contribution in [0.15, 0.2) is 136 Å². The van der Waals surface area contributed by atoms with E-state index in [9.17, 15) is 19.5 Å². The maximum atomic E-state index is 13.8. The Morgan fingerprint density at radius 2 is 0.870 bits per heavy atom. The summed E-state index contributed by atoms with van der Waals surface area (Å²) in [5.41, 5.74) is 4.62. The summed E-state index contributed by atoms with van der Waals surface area (Å²) in [5, 5.41) is 17.9. The van der Waals surface area contributed by atoms with Crippen molar-refractivity contribution in [2.45, 2.75) is 6.23 Å². The van der Waals surface area contributed by atoms with Crippen LogP contribution >= 0.6 is 0 Å². The zero-order chi connectivity index (χ0) is 30.8. The second-order valence-electron chi connectivity index (χ2n) is 12.1. The van der Waals surface area contributed by atoms with Crippen LogP contribution in [0.2, 0.25) is 0 Å². The van der Waals surface area contributed by atoms with Crippen LogP contribution in [0, 0.1) is 0 Å². The van der Waals surface area contributed by atoms with E-state index in [4.69, 9.17) is 0 Å². The third-order valence-electron chi connectivity index (χ3n) is 9.76. The number of aliphatic hydroxyl groups excluding tert-OH is 1. The van der Waals surface area contributed by atoms with Crippen molar-refractivity contribution in [3.63, 3.8) is 0 Å². The van der Waals surface area contributed by atoms with Crippen LogP contribution in [-0.4, -0.2) is 14.1 Å². The molecule has 0 amide bonds. The summed E-state index contributed by atoms with van der Waals surface area (Å²) < 4.78 is 2.84. The van der Waals surface area contributed by atoms with E-state index in [-0.39, 0.29) is 16.7 Å². The van der Waals surface area contributed by atoms with Gasteiger partial charge in [0, 0.05) is 43.4 Å². The number of pyridine rings is 3. The molecule has 10 rings (SSSR count). The lowest BCUT2D eigenvalue weighted by Crippen LogP contribution is -2.29. The third kappa shape index (κ3) is 3.06. The Hall–Kier alpha value is -6.11. The molecule has 3 aromatic heterocycles. The largest absolute Gasteiger partial charge is 0.369 e. The molecular weight excluding hydrogens is 572 g/mol. The maximum Gasteiger partial charge on any atom is 0.266 e. The first-order chi connectivity index (χ1) is 22.5. The molecule has 1 atom stereocenters. The van der Waals surface area contributed by atoms with Crippen LogP contribution in [0.25, 0.3) is 81.8 Å². The molecule has 1 N–H and O–H groups in total. The summed E-state index contributed by atoms with van der Waals surface area (Å²) in [5.74, 6) is 0. The van der Waals surface area contributed by atoms with Crippen LogP contribution in [-0.2, 0) is 0 Å². The van der Waals surface area contributed by atoms with E-state index >= 15 is 0 Å². The number of hydrogen-bond donors (Lipinski definition) is 1. The first-order valence-corrected chi connectivity index (χ1v) is 15.2. The highest BCUT2D eigenvalue weighted by atomic mass is 16.3. The quantitative estimate of drug-likeness (QED) is 0.161. The van der Waals surface area contributed by atoms with Gasteiger partial charge in [0.15, 0.2) is 6.23 Å². The summed E-state index contributed by atoms with van der Waals surface area (Å²) in [6.45, 7) is 0. The minimum atomic E-state index is -1.11. The van der Waals surface area contributed by atoms with Crippen molar-refractivity contribution in [2.24, 2.45) is 0 Å². The molecule has 0 saturated heterocycles. The molecule has 4 heterocycles. The van der Waals surface area contributed by atoms with Crippen LogP contribution in [0.5, 0.6) is 0 Å². The average Bonchev–Trinajstić information content (AvgIpc) is 3.10. The van der Waals surface area contributed by atoms with Gasteiger partial charge in [-0.1, -0.05) is 78.9 Å². The summed E-state index contributed by atoms with van der Waals surface area (Å²) in [7, 11) is 0. The summed E-state index contributed by atoms with van der Waals surface area (Å²) in [6.07, 6.45) is -1.11. The molecule has 6 heteroatoms. The molecule has 9 aromatic rings. The fourth-order valence-electron chi connectivity index (χ4n) is 7.74. The van der Waals surface area contributed by atoms with Gasteiger partial charge in [0.05, 0.1) is 11.0 Å². The maximum absolute atomic E-state index is 13.8. The minimum Gasteiger partial charge on any atom is -0.369 e. The first-order valence-electron chi connectivity index (χ1n) is 15.2. The van der Waals surface area contributed by atoms with E-state index < -0.39 is 6.23 Å². The number of fused-ring (bicyclic) bond motifs is 8. The number of aromatic nitrogens is 2. The molecule has 1 unspecified atom stereocenters. The highest BCUT2D eigenvalue weighted by molar-refractivity contribution is 6.20. The fraction of sp³-hybridized carbons (Fsp3) is 0.0250. The normalized spacial score (nSPS) is 14.2. The molecule has 0 radical (unpaired) electrons. The van der Waals surface area contributed by atoms with Gasteiger partial charge in [-0.3, -0.25) is 19.0 Å². The molecule has 0 bridgehead atoms. The molecular formula is C40H22N2O4. The number of rotatable bonds is 1. The van der Waals surface area contributed by atoms with Crippen LogP contribution in [0.1, 0.15) is 11.8 Å². The molecule has 6 nitrogen and oxygen atoms in total. The highest BCUT2D eigenvalue weighted by Crippen LogP contribution is 2.44. The van der Waals surface area contributed by atoms with Crippen molar-refractivity contribution in [3.05, 3.63) is 158 Å². The summed E-state index contributed by atoms with van der Waals surface area (Å²) >= 11 is 0. The Bertz CT molecular complexity index is 2910. The zero-order valence-electron chi connectivity index (χ0n) is 24.2. The topological polar surface area (TPSA) is 80.8 Å². The first kappa shape index (κ1) is 25.2. The van der Waals surface area contributed by atoms with Gasteiger partial charge >= 0.3 is 0 Å². The van der Waals surface area contributed by atoms with Gasteiger partial charge in [0.2, 0.25) is 0 Å². The van der Waals surface area contributed by atoms with Crippen molar-refractivity contribution >= 4 is 59.5 Å². The van der Waals surface area contributed by atoms with E-state index in [0.29, 0.717) is 32.8 Å². The predicted molar refractivity (Wildman–Crippen MR) is 184 cm³/mol. The van der Waals surface area contributed by atoms with Crippen molar-refractivity contribution < 1.29 is 5.11 Å². The molecule has 0 saturated carbocycles. The Labute approximate surface area is 259 Å². The molecule has 0 aliphatic carbocycles. The lowest BCUT2D eigenvalue weighted by Gasteiger charge is -2.28. The highest BCUT2D eigenvalue weighted by Gasteiger charge is 2.28. The Kier molecular flexibility index (Phi) is 4.80. The van der Waals surface area contributed by atoms with Gasteiger partial charge in [-0.25, -0.2) is 4.40 Å². The number of aliphatic hydroxyl groups is 1. The van der Waals surface area contributed by atoms with Gasteiger partial charge in [0.25, 0.3) is 16.7 Å². The monoisotopic (exact) mass is 594 g/mol. The smallest absolute Gasteiger partial charge is 0.266 e. The summed E-state index contributed by atoms with van der Waals surface area (Å²) in [4.78, 5) is 41.4. The molecule has 216 valence electrons. The lowest BCUT2D eigenvalue weighted by atomic mass is 9.87.